The molecule has 10 aromatic carbocycles. The van der Waals surface area contributed by atoms with E-state index in [9.17, 15) is 0 Å². The molecule has 10 aromatic rings. The van der Waals surface area contributed by atoms with E-state index < -0.39 is 0 Å². The minimum atomic E-state index is 1.09. The molecule has 0 heterocycles. The second-order valence-corrected chi connectivity index (χ2v) is 14.1. The van der Waals surface area contributed by atoms with Gasteiger partial charge in [0.15, 0.2) is 0 Å². The molecule has 0 aliphatic rings. The lowest BCUT2D eigenvalue weighted by Crippen LogP contribution is -2.12. The maximum atomic E-state index is 2.45. The molecule has 0 radical (unpaired) electrons. The third kappa shape index (κ3) is 6.02. The Morgan fingerprint density at radius 3 is 1.53 bits per heavy atom. The molecule has 0 aromatic heterocycles. The van der Waals surface area contributed by atoms with E-state index in [-0.39, 0.29) is 0 Å². The van der Waals surface area contributed by atoms with Gasteiger partial charge in [0.1, 0.15) is 0 Å². The van der Waals surface area contributed by atoms with Crippen molar-refractivity contribution in [3.8, 4) is 44.5 Å². The highest BCUT2D eigenvalue weighted by Gasteiger charge is 2.21. The standard InChI is InChI=1S/C54H37N/c1-3-16-39(17-4-1)49-34-33-46(37-52(49)40-18-5-2-6-19-40)55(45-32-31-42-29-28-41-20-9-10-22-47(41)53(42)36-45)54-26-14-13-25-51(54)50-24-12-11-23-48(50)44-30-27-38-15-7-8-21-43(38)35-44/h1-37H. The Balaban J connectivity index is 1.23. The average molecular weight is 700 g/mol. The fourth-order valence-corrected chi connectivity index (χ4v) is 8.18. The van der Waals surface area contributed by atoms with E-state index in [0.717, 1.165) is 22.6 Å². The van der Waals surface area contributed by atoms with Gasteiger partial charge in [-0.25, -0.2) is 0 Å². The minimum Gasteiger partial charge on any atom is -0.310 e. The van der Waals surface area contributed by atoms with Gasteiger partial charge in [-0.1, -0.05) is 188 Å². The van der Waals surface area contributed by atoms with Gasteiger partial charge in [-0.05, 0) is 108 Å². The number of fused-ring (bicyclic) bond motifs is 4. The summed E-state index contributed by atoms with van der Waals surface area (Å²) in [5.41, 5.74) is 12.8. The first-order chi connectivity index (χ1) is 27.3. The molecule has 55 heavy (non-hydrogen) atoms. The first kappa shape index (κ1) is 32.4. The van der Waals surface area contributed by atoms with Gasteiger partial charge < -0.3 is 4.90 Å². The molecule has 10 rings (SSSR count). The molecule has 0 bridgehead atoms. The molecular weight excluding hydrogens is 663 g/mol. The minimum absolute atomic E-state index is 1.09. The molecule has 0 aliphatic carbocycles. The van der Waals surface area contributed by atoms with Crippen molar-refractivity contribution in [2.75, 3.05) is 4.90 Å². The number of benzene rings is 10. The Labute approximate surface area is 322 Å². The summed E-state index contributed by atoms with van der Waals surface area (Å²) >= 11 is 0. The van der Waals surface area contributed by atoms with E-state index in [1.165, 1.54) is 71.3 Å². The van der Waals surface area contributed by atoms with Gasteiger partial charge in [-0.15, -0.1) is 0 Å². The lowest BCUT2D eigenvalue weighted by Gasteiger charge is -2.29. The molecule has 0 unspecified atom stereocenters. The van der Waals surface area contributed by atoms with Crippen LogP contribution in [-0.4, -0.2) is 0 Å². The molecule has 0 saturated carbocycles. The molecule has 0 N–H and O–H groups in total. The Bertz CT molecular complexity index is 2980. The van der Waals surface area contributed by atoms with E-state index >= 15 is 0 Å². The summed E-state index contributed by atoms with van der Waals surface area (Å²) in [4.78, 5) is 2.45. The maximum Gasteiger partial charge on any atom is 0.0540 e. The second-order valence-electron chi connectivity index (χ2n) is 14.1. The summed E-state index contributed by atoms with van der Waals surface area (Å²) in [5.74, 6) is 0. The van der Waals surface area contributed by atoms with Crippen LogP contribution in [0.4, 0.5) is 17.1 Å². The highest BCUT2D eigenvalue weighted by molar-refractivity contribution is 6.09. The van der Waals surface area contributed by atoms with Crippen LogP contribution in [0, 0.1) is 0 Å². The van der Waals surface area contributed by atoms with Crippen molar-refractivity contribution in [1.29, 1.82) is 0 Å². The number of para-hydroxylation sites is 1. The van der Waals surface area contributed by atoms with Gasteiger partial charge in [-0.3, -0.25) is 0 Å². The third-order valence-corrected chi connectivity index (χ3v) is 10.8. The highest BCUT2D eigenvalue weighted by Crippen LogP contribution is 2.46. The molecule has 0 aliphatic heterocycles. The van der Waals surface area contributed by atoms with Crippen LogP contribution in [0.1, 0.15) is 0 Å². The highest BCUT2D eigenvalue weighted by atomic mass is 15.1. The normalized spacial score (nSPS) is 11.3. The Hall–Kier alpha value is -7.22. The van der Waals surface area contributed by atoms with Gasteiger partial charge in [0, 0.05) is 16.9 Å². The van der Waals surface area contributed by atoms with Crippen molar-refractivity contribution in [2.24, 2.45) is 0 Å². The monoisotopic (exact) mass is 699 g/mol. The average Bonchev–Trinajstić information content (AvgIpc) is 3.27. The molecule has 1 heteroatoms. The van der Waals surface area contributed by atoms with Gasteiger partial charge in [0.05, 0.1) is 5.69 Å². The van der Waals surface area contributed by atoms with Crippen molar-refractivity contribution < 1.29 is 0 Å². The predicted molar refractivity (Wildman–Crippen MR) is 235 cm³/mol. The molecule has 0 fully saturated rings. The number of rotatable bonds is 7. The summed E-state index contributed by atoms with van der Waals surface area (Å²) in [5, 5.41) is 7.43. The van der Waals surface area contributed by atoms with E-state index in [1.54, 1.807) is 0 Å². The summed E-state index contributed by atoms with van der Waals surface area (Å²) in [6, 6.07) is 81.6. The number of anilines is 3. The van der Waals surface area contributed by atoms with Crippen molar-refractivity contribution in [3.63, 3.8) is 0 Å². The zero-order valence-corrected chi connectivity index (χ0v) is 30.3. The van der Waals surface area contributed by atoms with Gasteiger partial charge in [-0.2, -0.15) is 0 Å². The number of hydrogen-bond donors (Lipinski definition) is 0. The van der Waals surface area contributed by atoms with Crippen LogP contribution in [-0.2, 0) is 0 Å². The fourth-order valence-electron chi connectivity index (χ4n) is 8.18. The topological polar surface area (TPSA) is 3.24 Å². The van der Waals surface area contributed by atoms with Crippen molar-refractivity contribution in [2.45, 2.75) is 0 Å². The van der Waals surface area contributed by atoms with Crippen LogP contribution < -0.4 is 4.90 Å². The van der Waals surface area contributed by atoms with E-state index in [0.29, 0.717) is 0 Å². The maximum absolute atomic E-state index is 2.45. The Kier molecular flexibility index (Phi) is 8.24. The summed E-state index contributed by atoms with van der Waals surface area (Å²) in [6.45, 7) is 0. The largest absolute Gasteiger partial charge is 0.310 e. The second kappa shape index (κ2) is 14.0. The molecule has 258 valence electrons. The zero-order chi connectivity index (χ0) is 36.6. The summed E-state index contributed by atoms with van der Waals surface area (Å²) < 4.78 is 0. The van der Waals surface area contributed by atoms with Crippen LogP contribution in [0.2, 0.25) is 0 Å². The summed E-state index contributed by atoms with van der Waals surface area (Å²) in [6.07, 6.45) is 0. The molecule has 0 amide bonds. The summed E-state index contributed by atoms with van der Waals surface area (Å²) in [7, 11) is 0. The van der Waals surface area contributed by atoms with Gasteiger partial charge >= 0.3 is 0 Å². The fraction of sp³-hybridized carbons (Fsp3) is 0. The van der Waals surface area contributed by atoms with Crippen molar-refractivity contribution in [1.82, 2.24) is 0 Å². The molecule has 0 spiro atoms. The van der Waals surface area contributed by atoms with Crippen molar-refractivity contribution >= 4 is 49.4 Å². The molecule has 0 atom stereocenters. The van der Waals surface area contributed by atoms with Gasteiger partial charge in [0.2, 0.25) is 0 Å². The molecule has 1 nitrogen and oxygen atoms in total. The van der Waals surface area contributed by atoms with Crippen LogP contribution in [0.25, 0.3) is 76.8 Å². The van der Waals surface area contributed by atoms with Crippen LogP contribution in [0.5, 0.6) is 0 Å². The predicted octanol–water partition coefficient (Wildman–Crippen LogP) is 15.3. The van der Waals surface area contributed by atoms with E-state index in [2.05, 4.69) is 229 Å². The molecular formula is C54H37N. The quantitative estimate of drug-likeness (QED) is 0.150. The molecule has 0 saturated heterocycles. The number of hydrogen-bond acceptors (Lipinski definition) is 1. The van der Waals surface area contributed by atoms with Crippen molar-refractivity contribution in [3.05, 3.63) is 224 Å². The first-order valence-electron chi connectivity index (χ1n) is 18.9. The lowest BCUT2D eigenvalue weighted by molar-refractivity contribution is 1.29. The SMILES string of the molecule is c1ccc(-c2ccc(N(c3ccc4ccc5ccccc5c4c3)c3ccccc3-c3ccccc3-c3ccc4ccccc4c3)cc2-c2ccccc2)cc1. The Morgan fingerprint density at radius 1 is 0.236 bits per heavy atom. The number of nitrogens with zero attached hydrogens (tertiary/aromatic N) is 1. The first-order valence-corrected chi connectivity index (χ1v) is 18.9. The van der Waals surface area contributed by atoms with E-state index in [4.69, 9.17) is 0 Å². The lowest BCUT2D eigenvalue weighted by atomic mass is 9.91. The zero-order valence-electron chi connectivity index (χ0n) is 30.3. The van der Waals surface area contributed by atoms with E-state index in [1.807, 2.05) is 0 Å². The smallest absolute Gasteiger partial charge is 0.0540 e. The van der Waals surface area contributed by atoms with Crippen LogP contribution in [0.15, 0.2) is 224 Å². The van der Waals surface area contributed by atoms with Crippen LogP contribution in [0.3, 0.4) is 0 Å². The third-order valence-electron chi connectivity index (χ3n) is 10.8. The Morgan fingerprint density at radius 2 is 0.745 bits per heavy atom. The van der Waals surface area contributed by atoms with Gasteiger partial charge in [0.25, 0.3) is 0 Å². The van der Waals surface area contributed by atoms with Crippen LogP contribution >= 0.6 is 0 Å².